The molecule has 2 aliphatic rings. The highest BCUT2D eigenvalue weighted by Crippen LogP contribution is 2.55. The van der Waals surface area contributed by atoms with Crippen LogP contribution in [-0.2, 0) is 26.0 Å². The molecule has 8 heteroatoms. The van der Waals surface area contributed by atoms with Crippen LogP contribution in [0, 0.1) is 12.8 Å². The van der Waals surface area contributed by atoms with Gasteiger partial charge in [0.05, 0.1) is 17.0 Å². The minimum Gasteiger partial charge on any atom is -0.442 e. The van der Waals surface area contributed by atoms with Crippen LogP contribution in [0.25, 0.3) is 0 Å². The molecule has 0 aliphatic carbocycles. The zero-order valence-corrected chi connectivity index (χ0v) is 20.9. The summed E-state index contributed by atoms with van der Waals surface area (Å²) < 4.78 is 40.1. The lowest BCUT2D eigenvalue weighted by atomic mass is 9.75. The Morgan fingerprint density at radius 1 is 1.18 bits per heavy atom. The van der Waals surface area contributed by atoms with Crippen molar-refractivity contribution in [3.05, 3.63) is 64.7 Å². The molecule has 0 aromatic heterocycles. The average Bonchev–Trinajstić information content (AvgIpc) is 3.25. The number of fused-ring (bicyclic) bond motifs is 2. The zero-order valence-electron chi connectivity index (χ0n) is 19.4. The third kappa shape index (κ3) is 4.38. The van der Waals surface area contributed by atoms with Gasteiger partial charge in [0.1, 0.15) is 11.7 Å². The summed E-state index contributed by atoms with van der Waals surface area (Å²) in [6.45, 7) is 7.78. The van der Waals surface area contributed by atoms with Gasteiger partial charge in [0.2, 0.25) is 0 Å². The molecule has 2 fully saturated rings. The van der Waals surface area contributed by atoms with Crippen molar-refractivity contribution in [1.82, 2.24) is 4.31 Å². The molecule has 2 aromatic carbocycles. The van der Waals surface area contributed by atoms with Gasteiger partial charge in [0, 0.05) is 11.4 Å². The number of carbonyl (C=O) groups excluding carboxylic acids is 1. The predicted molar refractivity (Wildman–Crippen MR) is 127 cm³/mol. The third-order valence-corrected chi connectivity index (χ3v) is 9.17. The summed E-state index contributed by atoms with van der Waals surface area (Å²) in [5.74, 6) is 0.263. The highest BCUT2D eigenvalue weighted by molar-refractivity contribution is 7.89. The van der Waals surface area contributed by atoms with Gasteiger partial charge < -0.3 is 9.47 Å². The number of carbonyl (C=O) groups is 1. The first-order chi connectivity index (χ1) is 15.5. The van der Waals surface area contributed by atoms with Crippen LogP contribution in [0.5, 0.6) is 0 Å². The van der Waals surface area contributed by atoms with E-state index in [9.17, 15) is 13.2 Å². The standard InChI is InChI=1S/C25H30ClNO5S/c1-17(2)25-14-13-24(4,32-25)22(15-25)31-23(28)27(16-19-7-5-6-8-21(19)26)33(29,30)20-11-9-18(3)10-12-20/h5-12,17,22H,13-16H2,1-4H3/t22-,24-,25+/m1/s1. The summed E-state index contributed by atoms with van der Waals surface area (Å²) in [5, 5.41) is 0.378. The molecule has 4 rings (SSSR count). The van der Waals surface area contributed by atoms with Crippen LogP contribution in [0.15, 0.2) is 53.4 Å². The van der Waals surface area contributed by atoms with Gasteiger partial charge in [0.15, 0.2) is 0 Å². The number of ether oxygens (including phenoxy) is 2. The first-order valence-electron chi connectivity index (χ1n) is 11.2. The molecule has 0 saturated carbocycles. The van der Waals surface area contributed by atoms with E-state index in [1.54, 1.807) is 36.4 Å². The van der Waals surface area contributed by atoms with E-state index in [0.29, 0.717) is 17.0 Å². The van der Waals surface area contributed by atoms with Crippen LogP contribution in [0.3, 0.4) is 0 Å². The van der Waals surface area contributed by atoms with Crippen molar-refractivity contribution in [2.24, 2.45) is 5.92 Å². The molecule has 2 heterocycles. The van der Waals surface area contributed by atoms with Crippen LogP contribution in [-0.4, -0.2) is 36.1 Å². The lowest BCUT2D eigenvalue weighted by Crippen LogP contribution is -2.45. The molecule has 33 heavy (non-hydrogen) atoms. The molecule has 2 aliphatic heterocycles. The fourth-order valence-corrected chi connectivity index (χ4v) is 6.26. The van der Waals surface area contributed by atoms with Crippen LogP contribution < -0.4 is 0 Å². The summed E-state index contributed by atoms with van der Waals surface area (Å²) >= 11 is 6.29. The molecular weight excluding hydrogens is 462 g/mol. The highest BCUT2D eigenvalue weighted by atomic mass is 35.5. The minimum absolute atomic E-state index is 0.0196. The molecule has 1 amide bonds. The quantitative estimate of drug-likeness (QED) is 0.517. The van der Waals surface area contributed by atoms with E-state index in [2.05, 4.69) is 13.8 Å². The second-order valence-electron chi connectivity index (χ2n) is 9.63. The van der Waals surface area contributed by atoms with E-state index in [1.807, 2.05) is 13.8 Å². The number of hydrogen-bond acceptors (Lipinski definition) is 5. The number of nitrogens with zero attached hydrogens (tertiary/aromatic N) is 1. The first kappa shape index (κ1) is 24.0. The van der Waals surface area contributed by atoms with E-state index in [4.69, 9.17) is 21.1 Å². The molecule has 0 radical (unpaired) electrons. The van der Waals surface area contributed by atoms with Crippen LogP contribution in [0.2, 0.25) is 5.02 Å². The van der Waals surface area contributed by atoms with Gasteiger partial charge in [-0.3, -0.25) is 0 Å². The zero-order chi connectivity index (χ0) is 24.0. The summed E-state index contributed by atoms with van der Waals surface area (Å²) in [4.78, 5) is 13.4. The Labute approximate surface area is 200 Å². The predicted octanol–water partition coefficient (Wildman–Crippen LogP) is 5.71. The number of amides is 1. The summed E-state index contributed by atoms with van der Waals surface area (Å²) in [6.07, 6.45) is 0.774. The topological polar surface area (TPSA) is 72.9 Å². The summed E-state index contributed by atoms with van der Waals surface area (Å²) in [5.41, 5.74) is 0.466. The summed E-state index contributed by atoms with van der Waals surface area (Å²) in [7, 11) is -4.18. The number of rotatable bonds is 6. The van der Waals surface area contributed by atoms with Crippen LogP contribution >= 0.6 is 11.6 Å². The smallest absolute Gasteiger partial charge is 0.424 e. The second-order valence-corrected chi connectivity index (χ2v) is 11.9. The number of aryl methyl sites for hydroxylation is 1. The van der Waals surface area contributed by atoms with E-state index in [1.165, 1.54) is 12.1 Å². The number of benzene rings is 2. The Bertz CT molecular complexity index is 1150. The average molecular weight is 492 g/mol. The minimum atomic E-state index is -4.18. The maximum Gasteiger partial charge on any atom is 0.424 e. The van der Waals surface area contributed by atoms with Gasteiger partial charge >= 0.3 is 6.09 Å². The fraction of sp³-hybridized carbons (Fsp3) is 0.480. The second kappa shape index (κ2) is 8.60. The van der Waals surface area contributed by atoms with Crippen LogP contribution in [0.1, 0.15) is 51.2 Å². The van der Waals surface area contributed by atoms with Gasteiger partial charge in [-0.25, -0.2) is 13.2 Å². The van der Waals surface area contributed by atoms with Gasteiger partial charge in [-0.2, -0.15) is 4.31 Å². The van der Waals surface area contributed by atoms with E-state index in [-0.39, 0.29) is 23.0 Å². The Morgan fingerprint density at radius 2 is 1.85 bits per heavy atom. The summed E-state index contributed by atoms with van der Waals surface area (Å²) in [6, 6.07) is 13.2. The molecule has 0 N–H and O–H groups in total. The van der Waals surface area contributed by atoms with E-state index in [0.717, 1.165) is 22.7 Å². The monoisotopic (exact) mass is 491 g/mol. The molecule has 0 spiro atoms. The molecule has 2 bridgehead atoms. The normalized spacial score (nSPS) is 26.5. The fourth-order valence-electron chi connectivity index (χ4n) is 4.78. The Hall–Kier alpha value is -2.09. The van der Waals surface area contributed by atoms with Crippen molar-refractivity contribution < 1.29 is 22.7 Å². The van der Waals surface area contributed by atoms with Gasteiger partial charge in [-0.1, -0.05) is 61.3 Å². The number of hydrogen-bond donors (Lipinski definition) is 0. The lowest BCUT2D eigenvalue weighted by molar-refractivity contribution is -0.0827. The molecule has 178 valence electrons. The van der Waals surface area contributed by atoms with Gasteiger partial charge in [-0.05, 0) is 56.4 Å². The molecular formula is C25H30ClNO5S. The highest BCUT2D eigenvalue weighted by Gasteiger charge is 2.62. The maximum atomic E-state index is 13.5. The van der Waals surface area contributed by atoms with Gasteiger partial charge in [-0.15, -0.1) is 0 Å². The van der Waals surface area contributed by atoms with Crippen molar-refractivity contribution in [3.63, 3.8) is 0 Å². The molecule has 3 atom stereocenters. The van der Waals surface area contributed by atoms with E-state index >= 15 is 0 Å². The van der Waals surface area contributed by atoms with Crippen molar-refractivity contribution in [2.45, 2.75) is 75.7 Å². The largest absolute Gasteiger partial charge is 0.442 e. The van der Waals surface area contributed by atoms with E-state index < -0.39 is 27.8 Å². The lowest BCUT2D eigenvalue weighted by Gasteiger charge is -2.32. The molecule has 0 unspecified atom stereocenters. The molecule has 2 aromatic rings. The molecule has 6 nitrogen and oxygen atoms in total. The number of sulfonamides is 1. The molecule has 2 saturated heterocycles. The number of halogens is 1. The van der Waals surface area contributed by atoms with Crippen LogP contribution in [0.4, 0.5) is 4.79 Å². The van der Waals surface area contributed by atoms with Crippen molar-refractivity contribution in [3.8, 4) is 0 Å². The van der Waals surface area contributed by atoms with Crippen molar-refractivity contribution in [2.75, 3.05) is 0 Å². The Kier molecular flexibility index (Phi) is 6.27. The Balaban J connectivity index is 1.65. The Morgan fingerprint density at radius 3 is 2.45 bits per heavy atom. The van der Waals surface area contributed by atoms with Gasteiger partial charge in [0.25, 0.3) is 10.0 Å². The van der Waals surface area contributed by atoms with Crippen molar-refractivity contribution in [1.29, 1.82) is 0 Å². The van der Waals surface area contributed by atoms with Crippen molar-refractivity contribution >= 4 is 27.7 Å². The maximum absolute atomic E-state index is 13.5. The first-order valence-corrected chi connectivity index (χ1v) is 13.0. The SMILES string of the molecule is Cc1ccc(S(=O)(=O)N(Cc2ccccc2Cl)C(=O)O[C@@H]2C[C@]3(C(C)C)CC[C@@]2(C)O3)cc1. The third-order valence-electron chi connectivity index (χ3n) is 7.07.